The molecule has 20 heavy (non-hydrogen) atoms. The summed E-state index contributed by atoms with van der Waals surface area (Å²) < 4.78 is 0. The van der Waals surface area contributed by atoms with Gasteiger partial charge in [-0.2, -0.15) is 0 Å². The monoisotopic (exact) mass is 316 g/mol. The first-order valence-corrected chi connectivity index (χ1v) is 7.43. The molecule has 0 spiro atoms. The van der Waals surface area contributed by atoms with Gasteiger partial charge in [-0.05, 0) is 31.0 Å². The average Bonchev–Trinajstić information content (AvgIpc) is 2.89. The minimum Gasteiger partial charge on any atom is -0.396 e. The van der Waals surface area contributed by atoms with Crippen molar-refractivity contribution in [2.24, 2.45) is 5.92 Å². The van der Waals surface area contributed by atoms with Crippen molar-refractivity contribution in [2.75, 3.05) is 31.6 Å². The summed E-state index contributed by atoms with van der Waals surface area (Å²) in [6.45, 7) is 2.70. The van der Waals surface area contributed by atoms with Crippen molar-refractivity contribution in [2.45, 2.75) is 12.8 Å². The molecule has 4 nitrogen and oxygen atoms in total. The molecule has 1 aromatic rings. The Morgan fingerprint density at radius 2 is 2.10 bits per heavy atom. The number of benzene rings is 1. The zero-order valence-electron chi connectivity index (χ0n) is 11.1. The molecule has 1 aliphatic rings. The number of hydrogen-bond acceptors (Lipinski definition) is 3. The highest BCUT2D eigenvalue weighted by atomic mass is 35.5. The molecule has 0 radical (unpaired) electrons. The summed E-state index contributed by atoms with van der Waals surface area (Å²) in [6.07, 6.45) is 1.38. The van der Waals surface area contributed by atoms with Gasteiger partial charge in [-0.1, -0.05) is 29.3 Å². The van der Waals surface area contributed by atoms with E-state index in [1.165, 1.54) is 0 Å². The maximum Gasteiger partial charge on any atom is 0.225 e. The van der Waals surface area contributed by atoms with Crippen LogP contribution in [0.1, 0.15) is 12.8 Å². The van der Waals surface area contributed by atoms with Gasteiger partial charge in [0.1, 0.15) is 0 Å². The maximum atomic E-state index is 11.9. The lowest BCUT2D eigenvalue weighted by Crippen LogP contribution is -2.26. The molecule has 1 heterocycles. The van der Waals surface area contributed by atoms with Gasteiger partial charge >= 0.3 is 0 Å². The molecule has 1 aromatic carbocycles. The summed E-state index contributed by atoms with van der Waals surface area (Å²) in [6, 6.07) is 5.12. The number of nitrogens with one attached hydrogen (secondary N) is 1. The topological polar surface area (TPSA) is 52.6 Å². The largest absolute Gasteiger partial charge is 0.396 e. The minimum atomic E-state index is -0.104. The smallest absolute Gasteiger partial charge is 0.225 e. The Hall–Kier alpha value is -0.810. The number of likely N-dealkylation sites (tertiary alicyclic amines) is 1. The van der Waals surface area contributed by atoms with Crippen molar-refractivity contribution in [1.82, 2.24) is 4.90 Å². The van der Waals surface area contributed by atoms with Crippen molar-refractivity contribution >= 4 is 34.8 Å². The summed E-state index contributed by atoms with van der Waals surface area (Å²) in [5.74, 6) is 0.239. The number of para-hydroxylation sites is 1. The lowest BCUT2D eigenvalue weighted by molar-refractivity contribution is -0.116. The highest BCUT2D eigenvalue weighted by Crippen LogP contribution is 2.29. The van der Waals surface area contributed by atoms with E-state index in [-0.39, 0.29) is 12.5 Å². The average molecular weight is 317 g/mol. The van der Waals surface area contributed by atoms with E-state index in [1.807, 2.05) is 0 Å². The third-order valence-electron chi connectivity index (χ3n) is 3.51. The number of amides is 1. The molecule has 1 saturated heterocycles. The normalized spacial score (nSPS) is 19.2. The highest BCUT2D eigenvalue weighted by molar-refractivity contribution is 6.39. The third-order valence-corrected chi connectivity index (χ3v) is 4.14. The Morgan fingerprint density at radius 1 is 1.40 bits per heavy atom. The van der Waals surface area contributed by atoms with E-state index in [2.05, 4.69) is 10.2 Å². The molecule has 1 fully saturated rings. The summed E-state index contributed by atoms with van der Waals surface area (Å²) >= 11 is 12.0. The molecule has 2 rings (SSSR count). The molecule has 110 valence electrons. The molecule has 1 unspecified atom stereocenters. The minimum absolute atomic E-state index is 0.104. The van der Waals surface area contributed by atoms with Gasteiger partial charge < -0.3 is 15.3 Å². The fourth-order valence-electron chi connectivity index (χ4n) is 2.34. The zero-order chi connectivity index (χ0) is 14.5. The molecule has 0 aromatic heterocycles. The quantitative estimate of drug-likeness (QED) is 0.878. The molecule has 1 atom stereocenters. The van der Waals surface area contributed by atoms with Crippen LogP contribution in [0.25, 0.3) is 0 Å². The summed E-state index contributed by atoms with van der Waals surface area (Å²) in [5, 5.41) is 12.7. The van der Waals surface area contributed by atoms with Crippen LogP contribution in [0, 0.1) is 5.92 Å². The predicted octanol–water partition coefficient (Wildman–Crippen LogP) is 2.64. The Morgan fingerprint density at radius 3 is 2.70 bits per heavy atom. The number of carbonyl (C=O) groups excluding carboxylic acids is 1. The number of rotatable bonds is 5. The summed E-state index contributed by atoms with van der Waals surface area (Å²) in [7, 11) is 0. The lowest BCUT2D eigenvalue weighted by atomic mass is 10.1. The van der Waals surface area contributed by atoms with E-state index in [1.54, 1.807) is 18.2 Å². The van der Waals surface area contributed by atoms with Crippen molar-refractivity contribution < 1.29 is 9.90 Å². The van der Waals surface area contributed by atoms with Gasteiger partial charge in [0.05, 0.1) is 15.7 Å². The molecule has 2 N–H and O–H groups in total. The Bertz CT molecular complexity index is 462. The summed E-state index contributed by atoms with van der Waals surface area (Å²) in [5.41, 5.74) is 0.468. The molecular weight excluding hydrogens is 299 g/mol. The van der Waals surface area contributed by atoms with Gasteiger partial charge in [-0.15, -0.1) is 0 Å². The standard InChI is InChI=1S/C14H18Cl2N2O2/c15-11-2-1-3-12(16)14(11)17-13(20)5-7-18-6-4-10(8-18)9-19/h1-3,10,19H,4-9H2,(H,17,20). The maximum absolute atomic E-state index is 11.9. The van der Waals surface area contributed by atoms with E-state index < -0.39 is 0 Å². The number of aliphatic hydroxyl groups excluding tert-OH is 1. The van der Waals surface area contributed by atoms with E-state index in [0.717, 1.165) is 19.5 Å². The van der Waals surface area contributed by atoms with E-state index in [9.17, 15) is 4.79 Å². The second kappa shape index (κ2) is 7.27. The van der Waals surface area contributed by atoms with Crippen LogP contribution in [0.15, 0.2) is 18.2 Å². The number of nitrogens with zero attached hydrogens (tertiary/aromatic N) is 1. The van der Waals surface area contributed by atoms with Gasteiger partial charge in [-0.3, -0.25) is 4.79 Å². The van der Waals surface area contributed by atoms with Crippen LogP contribution < -0.4 is 5.32 Å². The van der Waals surface area contributed by atoms with Gasteiger partial charge in [0.25, 0.3) is 0 Å². The lowest BCUT2D eigenvalue weighted by Gasteiger charge is -2.15. The van der Waals surface area contributed by atoms with E-state index in [0.29, 0.717) is 34.6 Å². The first-order chi connectivity index (χ1) is 9.60. The highest BCUT2D eigenvalue weighted by Gasteiger charge is 2.22. The first-order valence-electron chi connectivity index (χ1n) is 6.67. The summed E-state index contributed by atoms with van der Waals surface area (Å²) in [4.78, 5) is 14.1. The fourth-order valence-corrected chi connectivity index (χ4v) is 2.84. The van der Waals surface area contributed by atoms with E-state index >= 15 is 0 Å². The fraction of sp³-hybridized carbons (Fsp3) is 0.500. The number of hydrogen-bond donors (Lipinski definition) is 2. The molecule has 6 heteroatoms. The van der Waals surface area contributed by atoms with Crippen LogP contribution in [-0.4, -0.2) is 42.2 Å². The Balaban J connectivity index is 1.81. The molecule has 1 aliphatic heterocycles. The van der Waals surface area contributed by atoms with Crippen LogP contribution >= 0.6 is 23.2 Å². The van der Waals surface area contributed by atoms with Crippen LogP contribution in [-0.2, 0) is 4.79 Å². The molecular formula is C14H18Cl2N2O2. The van der Waals surface area contributed by atoms with E-state index in [4.69, 9.17) is 28.3 Å². The van der Waals surface area contributed by atoms with Crippen molar-refractivity contribution in [3.63, 3.8) is 0 Å². The number of anilines is 1. The Kier molecular flexibility index (Phi) is 5.66. The number of carbonyl (C=O) groups is 1. The van der Waals surface area contributed by atoms with Crippen molar-refractivity contribution in [3.05, 3.63) is 28.2 Å². The number of aliphatic hydroxyl groups is 1. The third kappa shape index (κ3) is 4.09. The van der Waals surface area contributed by atoms with Crippen LogP contribution in [0.5, 0.6) is 0 Å². The van der Waals surface area contributed by atoms with Gasteiger partial charge in [0.2, 0.25) is 5.91 Å². The molecule has 0 bridgehead atoms. The zero-order valence-corrected chi connectivity index (χ0v) is 12.6. The van der Waals surface area contributed by atoms with Crippen LogP contribution in [0.4, 0.5) is 5.69 Å². The SMILES string of the molecule is O=C(CCN1CCC(CO)C1)Nc1c(Cl)cccc1Cl. The predicted molar refractivity (Wildman–Crippen MR) is 81.3 cm³/mol. The second-order valence-corrected chi connectivity index (χ2v) is 5.85. The van der Waals surface area contributed by atoms with Gasteiger partial charge in [-0.25, -0.2) is 0 Å². The molecule has 0 saturated carbocycles. The number of halogens is 2. The molecule has 1 amide bonds. The van der Waals surface area contributed by atoms with Crippen molar-refractivity contribution in [3.8, 4) is 0 Å². The van der Waals surface area contributed by atoms with Crippen LogP contribution in [0.2, 0.25) is 10.0 Å². The van der Waals surface area contributed by atoms with Crippen LogP contribution in [0.3, 0.4) is 0 Å². The van der Waals surface area contributed by atoms with Gasteiger partial charge in [0.15, 0.2) is 0 Å². The Labute approximate surface area is 128 Å². The van der Waals surface area contributed by atoms with Crippen molar-refractivity contribution in [1.29, 1.82) is 0 Å². The van der Waals surface area contributed by atoms with Gasteiger partial charge in [0, 0.05) is 26.1 Å². The second-order valence-electron chi connectivity index (χ2n) is 5.03. The first kappa shape index (κ1) is 15.6. The molecule has 0 aliphatic carbocycles.